The molecule has 2 rings (SSSR count). The molecule has 0 fully saturated rings. The van der Waals surface area contributed by atoms with E-state index < -0.39 is 11.6 Å². The first kappa shape index (κ1) is 10.1. The third kappa shape index (κ3) is 1.48. The van der Waals surface area contributed by atoms with E-state index in [-0.39, 0.29) is 17.7 Å². The predicted molar refractivity (Wildman–Crippen MR) is 55.7 cm³/mol. The van der Waals surface area contributed by atoms with Crippen molar-refractivity contribution >= 4 is 17.1 Å². The Morgan fingerprint density at radius 1 is 1.25 bits per heavy atom. The lowest BCUT2D eigenvalue weighted by molar-refractivity contribution is -0.111. The van der Waals surface area contributed by atoms with E-state index in [1.165, 1.54) is 18.2 Å². The average Bonchev–Trinajstić information content (AvgIpc) is 2.26. The number of carbonyl (C=O) groups is 2. The highest BCUT2D eigenvalue weighted by molar-refractivity contribution is 6.50. The summed E-state index contributed by atoms with van der Waals surface area (Å²) in [6.45, 7) is 0. The van der Waals surface area contributed by atoms with Gasteiger partial charge in [0.05, 0.1) is 12.5 Å². The van der Waals surface area contributed by atoms with Crippen molar-refractivity contribution in [1.29, 1.82) is 5.26 Å². The molecule has 16 heavy (non-hydrogen) atoms. The first-order chi connectivity index (χ1) is 7.63. The number of carbonyl (C=O) groups excluding carboxylic acids is 2. The van der Waals surface area contributed by atoms with Gasteiger partial charge in [0.25, 0.3) is 0 Å². The Labute approximate surface area is 91.4 Å². The number of hydrogen-bond acceptors (Lipinski definition) is 4. The van der Waals surface area contributed by atoms with Gasteiger partial charge in [-0.25, -0.2) is 0 Å². The van der Waals surface area contributed by atoms with Crippen molar-refractivity contribution in [2.24, 2.45) is 0 Å². The van der Waals surface area contributed by atoms with E-state index in [1.807, 2.05) is 6.07 Å². The van der Waals surface area contributed by atoms with Crippen molar-refractivity contribution in [2.45, 2.75) is 6.42 Å². The highest BCUT2D eigenvalue weighted by Gasteiger charge is 2.25. The third-order valence-corrected chi connectivity index (χ3v) is 2.39. The summed E-state index contributed by atoms with van der Waals surface area (Å²) in [5.41, 5.74) is 1.18. The van der Waals surface area contributed by atoms with Crippen LogP contribution < -0.4 is 0 Å². The second kappa shape index (κ2) is 3.63. The maximum absolute atomic E-state index is 11.5. The molecular weight excluding hydrogens is 206 g/mol. The topological polar surface area (TPSA) is 78.2 Å². The molecule has 0 saturated carbocycles. The Kier molecular flexibility index (Phi) is 2.29. The molecule has 0 aliphatic heterocycles. The first-order valence-corrected chi connectivity index (χ1v) is 4.63. The van der Waals surface area contributed by atoms with Crippen LogP contribution in [-0.4, -0.2) is 16.7 Å². The van der Waals surface area contributed by atoms with E-state index in [4.69, 9.17) is 5.26 Å². The van der Waals surface area contributed by atoms with Crippen LogP contribution >= 0.6 is 0 Å². The number of phenols is 1. The minimum Gasteiger partial charge on any atom is -0.508 e. The van der Waals surface area contributed by atoms with Crippen LogP contribution in [-0.2, 0) is 4.79 Å². The zero-order chi connectivity index (χ0) is 11.7. The average molecular weight is 213 g/mol. The van der Waals surface area contributed by atoms with E-state index in [1.54, 1.807) is 0 Å². The Hall–Kier alpha value is -2.41. The van der Waals surface area contributed by atoms with Gasteiger partial charge in [0, 0.05) is 5.56 Å². The Morgan fingerprint density at radius 3 is 2.69 bits per heavy atom. The van der Waals surface area contributed by atoms with Gasteiger partial charge in [0.2, 0.25) is 11.6 Å². The van der Waals surface area contributed by atoms with Crippen molar-refractivity contribution in [3.63, 3.8) is 0 Å². The lowest BCUT2D eigenvalue weighted by Crippen LogP contribution is -2.18. The molecule has 78 valence electrons. The van der Waals surface area contributed by atoms with Gasteiger partial charge in [-0.2, -0.15) is 5.26 Å². The van der Waals surface area contributed by atoms with Crippen molar-refractivity contribution in [2.75, 3.05) is 0 Å². The van der Waals surface area contributed by atoms with Crippen LogP contribution in [0.15, 0.2) is 24.3 Å². The summed E-state index contributed by atoms with van der Waals surface area (Å²) in [7, 11) is 0. The minimum absolute atomic E-state index is 0.00439. The summed E-state index contributed by atoms with van der Waals surface area (Å²) in [6, 6.07) is 6.06. The number of nitriles is 1. The van der Waals surface area contributed by atoms with E-state index in [0.717, 1.165) is 6.08 Å². The second-order valence-corrected chi connectivity index (χ2v) is 3.43. The molecule has 0 radical (unpaired) electrons. The number of aromatic hydroxyl groups is 1. The molecule has 0 bridgehead atoms. The lowest BCUT2D eigenvalue weighted by Gasteiger charge is -2.14. The number of rotatable bonds is 1. The molecule has 1 aliphatic carbocycles. The summed E-state index contributed by atoms with van der Waals surface area (Å²) < 4.78 is 0. The molecule has 0 amide bonds. The molecular formula is C12H7NO3. The molecule has 0 spiro atoms. The van der Waals surface area contributed by atoms with Gasteiger partial charge in [-0.15, -0.1) is 0 Å². The molecule has 0 aromatic heterocycles. The van der Waals surface area contributed by atoms with E-state index in [9.17, 15) is 14.7 Å². The molecule has 1 aliphatic rings. The molecule has 0 saturated heterocycles. The summed E-state index contributed by atoms with van der Waals surface area (Å²) >= 11 is 0. The fourth-order valence-corrected chi connectivity index (χ4v) is 1.66. The van der Waals surface area contributed by atoms with Gasteiger partial charge in [-0.05, 0) is 35.4 Å². The van der Waals surface area contributed by atoms with E-state index in [0.29, 0.717) is 11.1 Å². The lowest BCUT2D eigenvalue weighted by atomic mass is 9.88. The number of nitrogens with zero attached hydrogens (tertiary/aromatic N) is 1. The van der Waals surface area contributed by atoms with Gasteiger partial charge in [-0.1, -0.05) is 0 Å². The molecule has 4 nitrogen and oxygen atoms in total. The van der Waals surface area contributed by atoms with Crippen molar-refractivity contribution in [3.05, 3.63) is 35.4 Å². The first-order valence-electron chi connectivity index (χ1n) is 4.63. The molecule has 0 atom stereocenters. The van der Waals surface area contributed by atoms with Gasteiger partial charge >= 0.3 is 0 Å². The molecule has 1 aromatic carbocycles. The van der Waals surface area contributed by atoms with Crippen LogP contribution in [0.2, 0.25) is 0 Å². The van der Waals surface area contributed by atoms with Crippen molar-refractivity contribution < 1.29 is 14.7 Å². The summed E-state index contributed by atoms with van der Waals surface area (Å²) in [5.74, 6) is -1.22. The fourth-order valence-electron chi connectivity index (χ4n) is 1.66. The number of ketones is 2. The predicted octanol–water partition coefficient (Wildman–Crippen LogP) is 1.45. The largest absolute Gasteiger partial charge is 0.508 e. The van der Waals surface area contributed by atoms with Gasteiger partial charge in [-0.3, -0.25) is 9.59 Å². The Bertz CT molecular complexity index is 564. The summed E-state index contributed by atoms with van der Waals surface area (Å²) in [5, 5.41) is 17.9. The molecule has 1 aromatic rings. The third-order valence-electron chi connectivity index (χ3n) is 2.39. The minimum atomic E-state index is -0.622. The zero-order valence-corrected chi connectivity index (χ0v) is 8.23. The van der Waals surface area contributed by atoms with Gasteiger partial charge < -0.3 is 5.11 Å². The number of phenolic OH excluding ortho intramolecular Hbond substituents is 1. The number of Topliss-reactive ketones (excluding diaryl/α,β-unsaturated/α-hetero) is 1. The summed E-state index contributed by atoms with van der Waals surface area (Å²) in [6.07, 6.45) is 1.20. The van der Waals surface area contributed by atoms with Crippen LogP contribution in [0.25, 0.3) is 5.57 Å². The smallest absolute Gasteiger partial charge is 0.233 e. The van der Waals surface area contributed by atoms with Crippen LogP contribution in [0.5, 0.6) is 5.75 Å². The van der Waals surface area contributed by atoms with Crippen molar-refractivity contribution in [3.8, 4) is 11.8 Å². The fraction of sp³-hybridized carbons (Fsp3) is 0.0833. The number of fused-ring (bicyclic) bond motifs is 1. The van der Waals surface area contributed by atoms with E-state index >= 15 is 0 Å². The van der Waals surface area contributed by atoms with Crippen LogP contribution in [0.1, 0.15) is 22.3 Å². The standard InChI is InChI=1S/C12H7NO3/c13-4-3-7-5-11(15)12(16)9-2-1-8(14)6-10(7)9/h1-2,5-6,14H,3H2. The number of benzene rings is 1. The highest BCUT2D eigenvalue weighted by atomic mass is 16.3. The van der Waals surface area contributed by atoms with Crippen molar-refractivity contribution in [1.82, 2.24) is 0 Å². The van der Waals surface area contributed by atoms with Crippen LogP contribution in [0.3, 0.4) is 0 Å². The number of allylic oxidation sites excluding steroid dienone is 2. The molecule has 4 heteroatoms. The van der Waals surface area contributed by atoms with E-state index in [2.05, 4.69) is 0 Å². The second-order valence-electron chi connectivity index (χ2n) is 3.43. The van der Waals surface area contributed by atoms with Gasteiger partial charge in [0.15, 0.2) is 0 Å². The maximum atomic E-state index is 11.5. The Balaban J connectivity index is 2.65. The van der Waals surface area contributed by atoms with Crippen LogP contribution in [0.4, 0.5) is 0 Å². The SMILES string of the molecule is N#CCC1=CC(=O)C(=O)c2ccc(O)cc21. The highest BCUT2D eigenvalue weighted by Crippen LogP contribution is 2.29. The summed E-state index contributed by atoms with van der Waals surface area (Å²) in [4.78, 5) is 22.8. The zero-order valence-electron chi connectivity index (χ0n) is 8.23. The monoisotopic (exact) mass is 213 g/mol. The molecule has 0 heterocycles. The Morgan fingerprint density at radius 2 is 2.00 bits per heavy atom. The number of hydrogen-bond donors (Lipinski definition) is 1. The molecule has 0 unspecified atom stereocenters. The van der Waals surface area contributed by atoms with Crippen LogP contribution in [0, 0.1) is 11.3 Å². The maximum Gasteiger partial charge on any atom is 0.233 e. The normalized spacial score (nSPS) is 14.1. The van der Waals surface area contributed by atoms with Gasteiger partial charge in [0.1, 0.15) is 5.75 Å². The molecule has 1 N–H and O–H groups in total. The quantitative estimate of drug-likeness (QED) is 0.716.